The van der Waals surface area contributed by atoms with Crippen molar-refractivity contribution in [1.82, 2.24) is 0 Å². The van der Waals surface area contributed by atoms with Crippen molar-refractivity contribution in [3.8, 4) is 0 Å². The molecule has 9 heteroatoms. The van der Waals surface area contributed by atoms with Crippen molar-refractivity contribution in [3.63, 3.8) is 0 Å². The molecule has 1 N–H and O–H groups in total. The SMILES string of the molecule is C=CS(=O)(=O)c1ccc(C(F)(F)F)cc1N([O-])O. The van der Waals surface area contributed by atoms with Gasteiger partial charge in [-0.1, -0.05) is 6.58 Å². The van der Waals surface area contributed by atoms with Crippen molar-refractivity contribution < 1.29 is 26.8 Å². The van der Waals surface area contributed by atoms with Gasteiger partial charge in [-0.25, -0.2) is 8.42 Å². The van der Waals surface area contributed by atoms with E-state index in [9.17, 15) is 26.8 Å². The van der Waals surface area contributed by atoms with Crippen molar-refractivity contribution >= 4 is 15.5 Å². The zero-order valence-electron chi connectivity index (χ0n) is 8.68. The Kier molecular flexibility index (Phi) is 3.70. The number of halogens is 3. The maximum Gasteiger partial charge on any atom is 0.416 e. The van der Waals surface area contributed by atoms with Gasteiger partial charge < -0.3 is 10.4 Å². The quantitative estimate of drug-likeness (QED) is 0.860. The molecule has 5 nitrogen and oxygen atoms in total. The van der Waals surface area contributed by atoms with E-state index in [1.54, 1.807) is 0 Å². The minimum absolute atomic E-state index is 0.239. The van der Waals surface area contributed by atoms with Crippen LogP contribution in [-0.4, -0.2) is 13.6 Å². The summed E-state index contributed by atoms with van der Waals surface area (Å²) in [6.45, 7) is 2.97. The maximum absolute atomic E-state index is 12.4. The van der Waals surface area contributed by atoms with Crippen molar-refractivity contribution in [2.45, 2.75) is 11.1 Å². The topological polar surface area (TPSA) is 80.7 Å². The summed E-state index contributed by atoms with van der Waals surface area (Å²) >= 11 is 0. The van der Waals surface area contributed by atoms with Gasteiger partial charge in [0.25, 0.3) is 0 Å². The third-order valence-corrected chi connectivity index (χ3v) is 3.42. The van der Waals surface area contributed by atoms with Gasteiger partial charge in [-0.3, -0.25) is 5.21 Å². The molecule has 0 aliphatic rings. The standard InChI is InChI=1S/C9H7F3NO4S/c1-2-18(16,17)8-4-3-6(9(10,11)12)5-7(8)13(14)15/h2-5,14H,1H2/q-1. The van der Waals surface area contributed by atoms with Gasteiger partial charge in [-0.15, -0.1) is 0 Å². The van der Waals surface area contributed by atoms with Crippen LogP contribution in [0, 0.1) is 5.21 Å². The van der Waals surface area contributed by atoms with E-state index in [-0.39, 0.29) is 6.07 Å². The largest absolute Gasteiger partial charge is 0.733 e. The molecule has 1 aromatic carbocycles. The molecule has 0 atom stereocenters. The highest BCUT2D eigenvalue weighted by atomic mass is 32.2. The number of anilines is 1. The van der Waals surface area contributed by atoms with Crippen LogP contribution in [0.5, 0.6) is 0 Å². The predicted octanol–water partition coefficient (Wildman–Crippen LogP) is 2.32. The van der Waals surface area contributed by atoms with E-state index in [0.717, 1.165) is 0 Å². The summed E-state index contributed by atoms with van der Waals surface area (Å²) in [5.74, 6) is 0. The Hall–Kier alpha value is -1.58. The number of hydrogen-bond donors (Lipinski definition) is 1. The highest BCUT2D eigenvalue weighted by Gasteiger charge is 2.32. The molecule has 0 spiro atoms. The number of benzene rings is 1. The highest BCUT2D eigenvalue weighted by molar-refractivity contribution is 7.94. The lowest BCUT2D eigenvalue weighted by molar-refractivity contribution is -0.137. The fourth-order valence-corrected chi connectivity index (χ4v) is 2.04. The minimum atomic E-state index is -4.76. The predicted molar refractivity (Wildman–Crippen MR) is 56.5 cm³/mol. The van der Waals surface area contributed by atoms with Crippen LogP contribution < -0.4 is 5.23 Å². The average molecular weight is 282 g/mol. The van der Waals surface area contributed by atoms with Crippen LogP contribution in [0.15, 0.2) is 35.1 Å². The van der Waals surface area contributed by atoms with Crippen LogP contribution in [0.25, 0.3) is 0 Å². The molecule has 0 bridgehead atoms. The fourth-order valence-electron chi connectivity index (χ4n) is 1.17. The minimum Gasteiger partial charge on any atom is -0.733 e. The molecule has 0 aliphatic heterocycles. The number of rotatable bonds is 3. The molecule has 1 aromatic rings. The molecule has 0 unspecified atom stereocenters. The zero-order valence-corrected chi connectivity index (χ0v) is 9.49. The van der Waals surface area contributed by atoms with Gasteiger partial charge >= 0.3 is 6.18 Å². The van der Waals surface area contributed by atoms with Crippen LogP contribution in [0.1, 0.15) is 5.56 Å². The molecule has 0 saturated heterocycles. The van der Waals surface area contributed by atoms with Crippen LogP contribution >= 0.6 is 0 Å². The number of sulfone groups is 1. The molecular formula is C9H7F3NO4S-. The summed E-state index contributed by atoms with van der Waals surface area (Å²) in [4.78, 5) is -0.761. The van der Waals surface area contributed by atoms with Crippen LogP contribution in [0.4, 0.5) is 18.9 Å². The van der Waals surface area contributed by atoms with Gasteiger partial charge in [-0.2, -0.15) is 13.2 Å². The van der Waals surface area contributed by atoms with Crippen molar-refractivity contribution in [1.29, 1.82) is 0 Å². The molecule has 0 aliphatic carbocycles. The second kappa shape index (κ2) is 4.59. The molecule has 1 rings (SSSR count). The summed E-state index contributed by atoms with van der Waals surface area (Å²) in [6, 6.07) is 1.31. The van der Waals surface area contributed by atoms with Crippen LogP contribution in [0.3, 0.4) is 0 Å². The number of nitrogens with zero attached hydrogens (tertiary/aromatic N) is 1. The van der Waals surface area contributed by atoms with E-state index in [4.69, 9.17) is 5.21 Å². The Morgan fingerprint density at radius 3 is 2.33 bits per heavy atom. The molecular weight excluding hydrogens is 275 g/mol. The number of hydrogen-bond acceptors (Lipinski definition) is 5. The van der Waals surface area contributed by atoms with Gasteiger partial charge in [0.15, 0.2) is 0 Å². The first-order chi connectivity index (χ1) is 8.09. The Morgan fingerprint density at radius 1 is 1.39 bits per heavy atom. The number of alkyl halides is 3. The third-order valence-electron chi connectivity index (χ3n) is 2.02. The van der Waals surface area contributed by atoms with Gasteiger partial charge in [0.05, 0.1) is 16.1 Å². The lowest BCUT2D eigenvalue weighted by Crippen LogP contribution is -2.14. The van der Waals surface area contributed by atoms with Gasteiger partial charge in [0.1, 0.15) is 0 Å². The lowest BCUT2D eigenvalue weighted by atomic mass is 10.2. The van der Waals surface area contributed by atoms with E-state index >= 15 is 0 Å². The fraction of sp³-hybridized carbons (Fsp3) is 0.111. The summed E-state index contributed by atoms with van der Waals surface area (Å²) in [5, 5.41) is 18.9. The summed E-state index contributed by atoms with van der Waals surface area (Å²) < 4.78 is 59.9. The van der Waals surface area contributed by atoms with Crippen LogP contribution in [0.2, 0.25) is 0 Å². The second-order valence-corrected chi connectivity index (χ2v) is 5.03. The van der Waals surface area contributed by atoms with Crippen molar-refractivity contribution in [2.75, 3.05) is 5.23 Å². The first kappa shape index (κ1) is 14.5. The molecule has 0 aromatic heterocycles. The van der Waals surface area contributed by atoms with E-state index in [1.165, 1.54) is 0 Å². The lowest BCUT2D eigenvalue weighted by Gasteiger charge is -2.25. The van der Waals surface area contributed by atoms with E-state index in [1.807, 2.05) is 0 Å². The summed E-state index contributed by atoms with van der Waals surface area (Å²) in [7, 11) is -4.14. The van der Waals surface area contributed by atoms with Crippen molar-refractivity contribution in [2.24, 2.45) is 0 Å². The molecule has 0 fully saturated rings. The van der Waals surface area contributed by atoms with E-state index < -0.39 is 37.4 Å². The van der Waals surface area contributed by atoms with Gasteiger partial charge in [0.2, 0.25) is 9.84 Å². The summed E-state index contributed by atoms with van der Waals surface area (Å²) in [5.41, 5.74) is -2.28. The van der Waals surface area contributed by atoms with E-state index in [0.29, 0.717) is 17.5 Å². The first-order valence-electron chi connectivity index (χ1n) is 4.34. The Labute approximate surface area is 100 Å². The van der Waals surface area contributed by atoms with Gasteiger partial charge in [0, 0.05) is 5.41 Å². The third kappa shape index (κ3) is 2.81. The monoisotopic (exact) mass is 282 g/mol. The molecule has 0 heterocycles. The Bertz CT molecular complexity index is 566. The van der Waals surface area contributed by atoms with Crippen LogP contribution in [-0.2, 0) is 16.0 Å². The molecule has 18 heavy (non-hydrogen) atoms. The Balaban J connectivity index is 3.54. The summed E-state index contributed by atoms with van der Waals surface area (Å²) in [6.07, 6.45) is -4.76. The smallest absolute Gasteiger partial charge is 0.416 e. The highest BCUT2D eigenvalue weighted by Crippen LogP contribution is 2.35. The normalized spacial score (nSPS) is 12.3. The van der Waals surface area contributed by atoms with Gasteiger partial charge in [-0.05, 0) is 18.2 Å². The Morgan fingerprint density at radius 2 is 1.94 bits per heavy atom. The second-order valence-electron chi connectivity index (χ2n) is 3.16. The molecule has 0 saturated carbocycles. The zero-order chi connectivity index (χ0) is 14.1. The average Bonchev–Trinajstić information content (AvgIpc) is 2.27. The van der Waals surface area contributed by atoms with E-state index in [2.05, 4.69) is 6.58 Å². The van der Waals surface area contributed by atoms with Crippen molar-refractivity contribution in [3.05, 3.63) is 41.0 Å². The molecule has 0 radical (unpaired) electrons. The molecule has 100 valence electrons. The maximum atomic E-state index is 12.4. The molecule has 0 amide bonds. The first-order valence-corrected chi connectivity index (χ1v) is 5.89.